The molecule has 0 N–H and O–H groups in total. The topological polar surface area (TPSA) is 21.6 Å². The number of nitrogens with zero attached hydrogens (tertiary/aromatic N) is 1. The summed E-state index contributed by atoms with van der Waals surface area (Å²) in [6.45, 7) is 0. The van der Waals surface area contributed by atoms with Crippen molar-refractivity contribution in [3.05, 3.63) is 113 Å². The van der Waals surface area contributed by atoms with Crippen LogP contribution in [-0.2, 0) is 0 Å². The van der Waals surface area contributed by atoms with Gasteiger partial charge in [0.2, 0.25) is 5.90 Å². The molecule has 4 aromatic rings. The second-order valence-corrected chi connectivity index (χ2v) is 6.70. The summed E-state index contributed by atoms with van der Waals surface area (Å²) in [7, 11) is 0. The first-order chi connectivity index (χ1) is 13.7. The van der Waals surface area contributed by atoms with Crippen molar-refractivity contribution in [1.82, 2.24) is 0 Å². The highest BCUT2D eigenvalue weighted by Gasteiger charge is 2.27. The van der Waals surface area contributed by atoms with Gasteiger partial charge in [0.25, 0.3) is 0 Å². The Hall–Kier alpha value is -3.53. The molecule has 28 heavy (non-hydrogen) atoms. The summed E-state index contributed by atoms with van der Waals surface area (Å²) >= 11 is 0. The third-order valence-electron chi connectivity index (χ3n) is 4.93. The lowest BCUT2D eigenvalue weighted by Crippen LogP contribution is -2.19. The van der Waals surface area contributed by atoms with Crippen molar-refractivity contribution >= 4 is 16.7 Å². The molecule has 0 saturated carbocycles. The lowest BCUT2D eigenvalue weighted by Gasteiger charge is -2.26. The zero-order valence-corrected chi connectivity index (χ0v) is 14.8. The average molecular weight is 371 g/mol. The van der Waals surface area contributed by atoms with Crippen LogP contribution in [-0.4, -0.2) is 5.90 Å². The average Bonchev–Trinajstić information content (AvgIpc) is 2.74. The Morgan fingerprint density at radius 3 is 2.14 bits per heavy atom. The van der Waals surface area contributed by atoms with E-state index in [4.69, 9.17) is 9.73 Å². The van der Waals surface area contributed by atoms with Crippen molar-refractivity contribution in [2.45, 2.75) is 6.04 Å². The molecule has 0 aromatic heterocycles. The number of benzene rings is 4. The maximum absolute atomic E-state index is 13.5. The first-order valence-electron chi connectivity index (χ1n) is 8.98. The van der Waals surface area contributed by atoms with E-state index in [0.29, 0.717) is 17.2 Å². The van der Waals surface area contributed by atoms with Crippen LogP contribution in [0.2, 0.25) is 0 Å². The molecule has 0 radical (unpaired) electrons. The highest BCUT2D eigenvalue weighted by molar-refractivity contribution is 5.99. The standard InChI is InChI=1S/C24H15F2NO/c25-18-10-5-16(6-11-18)23-22-20-4-2-1-3-15(20)9-14-21(22)28-24(27-23)17-7-12-19(26)13-8-17/h1-14,23H. The van der Waals surface area contributed by atoms with E-state index in [-0.39, 0.29) is 17.7 Å². The summed E-state index contributed by atoms with van der Waals surface area (Å²) in [5.74, 6) is 0.498. The molecule has 0 saturated heterocycles. The zero-order valence-electron chi connectivity index (χ0n) is 14.8. The molecular weight excluding hydrogens is 356 g/mol. The van der Waals surface area contributed by atoms with Crippen molar-refractivity contribution in [2.24, 2.45) is 4.99 Å². The predicted octanol–water partition coefficient (Wildman–Crippen LogP) is 6.05. The largest absolute Gasteiger partial charge is 0.438 e. The van der Waals surface area contributed by atoms with Gasteiger partial charge in [-0.1, -0.05) is 42.5 Å². The Labute approximate surface area is 160 Å². The van der Waals surface area contributed by atoms with Crippen LogP contribution in [0.1, 0.15) is 22.7 Å². The van der Waals surface area contributed by atoms with Crippen LogP contribution in [0.3, 0.4) is 0 Å². The smallest absolute Gasteiger partial charge is 0.222 e. The normalized spacial score (nSPS) is 15.6. The molecule has 0 aliphatic carbocycles. The molecule has 0 fully saturated rings. The minimum absolute atomic E-state index is 0.295. The third kappa shape index (κ3) is 2.83. The van der Waals surface area contributed by atoms with E-state index in [0.717, 1.165) is 21.9 Å². The van der Waals surface area contributed by atoms with Crippen LogP contribution in [0.4, 0.5) is 8.78 Å². The van der Waals surface area contributed by atoms with E-state index in [1.165, 1.54) is 24.3 Å². The number of rotatable bonds is 2. The van der Waals surface area contributed by atoms with Crippen LogP contribution in [0, 0.1) is 11.6 Å². The molecule has 0 amide bonds. The van der Waals surface area contributed by atoms with Gasteiger partial charge in [-0.15, -0.1) is 0 Å². The van der Waals surface area contributed by atoms with E-state index in [9.17, 15) is 8.78 Å². The number of hydrogen-bond acceptors (Lipinski definition) is 2. The Morgan fingerprint density at radius 1 is 0.714 bits per heavy atom. The van der Waals surface area contributed by atoms with Gasteiger partial charge in [-0.25, -0.2) is 13.8 Å². The minimum atomic E-state index is -0.351. The first-order valence-corrected chi connectivity index (χ1v) is 8.98. The summed E-state index contributed by atoms with van der Waals surface area (Å²) in [5.41, 5.74) is 2.49. The maximum Gasteiger partial charge on any atom is 0.222 e. The predicted molar refractivity (Wildman–Crippen MR) is 106 cm³/mol. The summed E-state index contributed by atoms with van der Waals surface area (Å²) in [6.07, 6.45) is 0. The van der Waals surface area contributed by atoms with E-state index in [2.05, 4.69) is 0 Å². The molecule has 4 aromatic carbocycles. The van der Waals surface area contributed by atoms with E-state index in [1.807, 2.05) is 36.4 Å². The van der Waals surface area contributed by atoms with E-state index < -0.39 is 0 Å². The molecule has 1 heterocycles. The summed E-state index contributed by atoms with van der Waals surface area (Å²) < 4.78 is 32.9. The molecule has 1 unspecified atom stereocenters. The number of ether oxygens (including phenoxy) is 1. The van der Waals surface area contributed by atoms with Crippen LogP contribution in [0.15, 0.2) is 89.9 Å². The number of aliphatic imine (C=N–C) groups is 1. The zero-order chi connectivity index (χ0) is 19.1. The maximum atomic E-state index is 13.5. The number of halogens is 2. The molecule has 1 aliphatic rings. The fraction of sp³-hybridized carbons (Fsp3) is 0.0417. The SMILES string of the molecule is Fc1ccc(C2=NC(c3ccc(F)cc3)c3c(ccc4ccccc34)O2)cc1. The Balaban J connectivity index is 1.73. The van der Waals surface area contributed by atoms with Gasteiger partial charge in [-0.05, 0) is 58.8 Å². The van der Waals surface area contributed by atoms with Gasteiger partial charge in [0.15, 0.2) is 0 Å². The molecule has 1 aliphatic heterocycles. The van der Waals surface area contributed by atoms with Gasteiger partial charge in [0, 0.05) is 11.1 Å². The molecule has 5 rings (SSSR count). The highest BCUT2D eigenvalue weighted by Crippen LogP contribution is 2.42. The van der Waals surface area contributed by atoms with Crippen molar-refractivity contribution in [3.8, 4) is 5.75 Å². The van der Waals surface area contributed by atoms with Crippen molar-refractivity contribution in [2.75, 3.05) is 0 Å². The van der Waals surface area contributed by atoms with Crippen molar-refractivity contribution < 1.29 is 13.5 Å². The molecule has 136 valence electrons. The van der Waals surface area contributed by atoms with Crippen LogP contribution < -0.4 is 4.74 Å². The van der Waals surface area contributed by atoms with Crippen molar-refractivity contribution in [1.29, 1.82) is 0 Å². The molecule has 0 bridgehead atoms. The fourth-order valence-electron chi connectivity index (χ4n) is 3.57. The Kier molecular flexibility index (Phi) is 3.90. The minimum Gasteiger partial charge on any atom is -0.438 e. The van der Waals surface area contributed by atoms with Gasteiger partial charge < -0.3 is 4.74 Å². The molecule has 4 heteroatoms. The first kappa shape index (κ1) is 16.6. The fourth-order valence-corrected chi connectivity index (χ4v) is 3.57. The monoisotopic (exact) mass is 371 g/mol. The second-order valence-electron chi connectivity index (χ2n) is 6.70. The Morgan fingerprint density at radius 2 is 1.39 bits per heavy atom. The highest BCUT2D eigenvalue weighted by atomic mass is 19.1. The summed E-state index contributed by atoms with van der Waals surface area (Å²) in [5, 5.41) is 2.12. The number of hydrogen-bond donors (Lipinski definition) is 0. The lowest BCUT2D eigenvalue weighted by atomic mass is 9.92. The summed E-state index contributed by atoms with van der Waals surface area (Å²) in [6, 6.07) is 24.0. The van der Waals surface area contributed by atoms with Crippen LogP contribution in [0.25, 0.3) is 10.8 Å². The quantitative estimate of drug-likeness (QED) is 0.420. The van der Waals surface area contributed by atoms with Gasteiger partial charge in [-0.2, -0.15) is 0 Å². The molecule has 0 spiro atoms. The van der Waals surface area contributed by atoms with Gasteiger partial charge in [-0.3, -0.25) is 0 Å². The van der Waals surface area contributed by atoms with Crippen LogP contribution >= 0.6 is 0 Å². The lowest BCUT2D eigenvalue weighted by molar-refractivity contribution is 0.514. The molecular formula is C24H15F2NO. The molecule has 1 atom stereocenters. The van der Waals surface area contributed by atoms with Crippen LogP contribution in [0.5, 0.6) is 5.75 Å². The number of fused-ring (bicyclic) bond motifs is 3. The second kappa shape index (κ2) is 6.57. The van der Waals surface area contributed by atoms with Crippen molar-refractivity contribution in [3.63, 3.8) is 0 Å². The Bertz CT molecular complexity index is 1200. The van der Waals surface area contributed by atoms with E-state index in [1.54, 1.807) is 24.3 Å². The van der Waals surface area contributed by atoms with Gasteiger partial charge >= 0.3 is 0 Å². The van der Waals surface area contributed by atoms with Gasteiger partial charge in [0.1, 0.15) is 23.4 Å². The van der Waals surface area contributed by atoms with E-state index >= 15 is 0 Å². The molecule has 2 nitrogen and oxygen atoms in total. The van der Waals surface area contributed by atoms with Gasteiger partial charge in [0.05, 0.1) is 0 Å². The summed E-state index contributed by atoms with van der Waals surface area (Å²) in [4.78, 5) is 4.82. The third-order valence-corrected chi connectivity index (χ3v) is 4.93.